The molecule has 0 aromatic heterocycles. The van der Waals surface area contributed by atoms with Gasteiger partial charge in [-0.2, -0.15) is 0 Å². The number of phenolic OH excluding ortho intramolecular Hbond substituents is 1. The Balaban J connectivity index is 1.70. The van der Waals surface area contributed by atoms with E-state index >= 15 is 0 Å². The predicted molar refractivity (Wildman–Crippen MR) is 79.4 cm³/mol. The van der Waals surface area contributed by atoms with Crippen molar-refractivity contribution < 1.29 is 5.11 Å². The molecule has 1 aromatic carbocycles. The van der Waals surface area contributed by atoms with E-state index in [1.165, 1.54) is 25.7 Å². The Bertz CT molecular complexity index is 400. The molecule has 0 aliphatic heterocycles. The molecule has 3 heteroatoms. The van der Waals surface area contributed by atoms with Gasteiger partial charge < -0.3 is 15.3 Å². The van der Waals surface area contributed by atoms with Crippen LogP contribution in [0.15, 0.2) is 18.2 Å². The summed E-state index contributed by atoms with van der Waals surface area (Å²) in [5.41, 5.74) is 1.94. The van der Waals surface area contributed by atoms with E-state index in [-0.39, 0.29) is 0 Å². The lowest BCUT2D eigenvalue weighted by molar-refractivity contribution is 0.245. The highest BCUT2D eigenvalue weighted by Crippen LogP contribution is 2.22. The van der Waals surface area contributed by atoms with Crippen LogP contribution in [0.5, 0.6) is 5.75 Å². The largest absolute Gasteiger partial charge is 0.507 e. The average molecular weight is 262 g/mol. The van der Waals surface area contributed by atoms with Gasteiger partial charge >= 0.3 is 0 Å². The van der Waals surface area contributed by atoms with Crippen LogP contribution in [-0.4, -0.2) is 36.2 Å². The highest BCUT2D eigenvalue weighted by atomic mass is 16.3. The Morgan fingerprint density at radius 1 is 1.32 bits per heavy atom. The van der Waals surface area contributed by atoms with E-state index < -0.39 is 0 Å². The number of phenols is 1. The van der Waals surface area contributed by atoms with Crippen molar-refractivity contribution in [3.63, 3.8) is 0 Å². The minimum absolute atomic E-state index is 0.430. The number of hydrogen-bond acceptors (Lipinski definition) is 3. The summed E-state index contributed by atoms with van der Waals surface area (Å²) in [5.74, 6) is 0.430. The first kappa shape index (κ1) is 14.4. The molecule has 1 fully saturated rings. The molecule has 1 aliphatic rings. The van der Waals surface area contributed by atoms with E-state index in [1.54, 1.807) is 0 Å². The number of likely N-dealkylation sites (N-methyl/N-ethyl adjacent to an activating group) is 1. The Morgan fingerprint density at radius 2 is 2.05 bits per heavy atom. The van der Waals surface area contributed by atoms with E-state index in [0.29, 0.717) is 5.75 Å². The van der Waals surface area contributed by atoms with Gasteiger partial charge in [0.15, 0.2) is 0 Å². The summed E-state index contributed by atoms with van der Waals surface area (Å²) >= 11 is 0. The zero-order valence-corrected chi connectivity index (χ0v) is 12.2. The molecule has 2 rings (SSSR count). The number of rotatable bonds is 6. The third kappa shape index (κ3) is 3.95. The third-order valence-electron chi connectivity index (χ3n) is 4.23. The molecule has 1 saturated carbocycles. The fraction of sp³-hybridized carbons (Fsp3) is 0.625. The average Bonchev–Trinajstić information content (AvgIpc) is 2.93. The lowest BCUT2D eigenvalue weighted by atomic mass is 10.1. The summed E-state index contributed by atoms with van der Waals surface area (Å²) in [6.45, 7) is 4.73. The second-order valence-electron chi connectivity index (χ2n) is 5.68. The smallest absolute Gasteiger partial charge is 0.122 e. The fourth-order valence-corrected chi connectivity index (χ4v) is 2.87. The Morgan fingerprint density at radius 3 is 2.79 bits per heavy atom. The van der Waals surface area contributed by atoms with Crippen molar-refractivity contribution in [2.24, 2.45) is 0 Å². The molecule has 106 valence electrons. The lowest BCUT2D eigenvalue weighted by Gasteiger charge is -2.24. The first-order valence-electron chi connectivity index (χ1n) is 7.37. The number of hydrogen-bond donors (Lipinski definition) is 2. The van der Waals surface area contributed by atoms with Gasteiger partial charge in [-0.15, -0.1) is 0 Å². The Kier molecular flexibility index (Phi) is 5.23. The van der Waals surface area contributed by atoms with Gasteiger partial charge in [0.1, 0.15) is 5.75 Å². The normalized spacial score (nSPS) is 16.4. The number of aromatic hydroxyl groups is 1. The quantitative estimate of drug-likeness (QED) is 0.774. The van der Waals surface area contributed by atoms with Crippen molar-refractivity contribution >= 4 is 0 Å². The van der Waals surface area contributed by atoms with Crippen molar-refractivity contribution in [1.29, 1.82) is 0 Å². The van der Waals surface area contributed by atoms with Crippen LogP contribution in [0.1, 0.15) is 36.8 Å². The fourth-order valence-electron chi connectivity index (χ4n) is 2.87. The first-order valence-corrected chi connectivity index (χ1v) is 7.37. The molecular formula is C16H26N2O. The molecular weight excluding hydrogens is 236 g/mol. The number of para-hydroxylation sites is 1. The summed E-state index contributed by atoms with van der Waals surface area (Å²) in [5, 5.41) is 13.4. The molecule has 0 amide bonds. The van der Waals surface area contributed by atoms with Gasteiger partial charge in [0.05, 0.1) is 0 Å². The Hall–Kier alpha value is -1.06. The standard InChI is InChI=1S/C16H26N2O/c1-13-6-5-7-14(16(13)19)12-17-10-11-18(2)15-8-3-4-9-15/h5-7,15,17,19H,3-4,8-12H2,1-2H3. The maximum atomic E-state index is 9.93. The first-order chi connectivity index (χ1) is 9.18. The second kappa shape index (κ2) is 6.92. The van der Waals surface area contributed by atoms with Crippen LogP contribution in [0.2, 0.25) is 0 Å². The molecule has 0 unspecified atom stereocenters. The van der Waals surface area contributed by atoms with Crippen molar-refractivity contribution in [3.05, 3.63) is 29.3 Å². The van der Waals surface area contributed by atoms with E-state index in [0.717, 1.165) is 36.8 Å². The van der Waals surface area contributed by atoms with Crippen LogP contribution in [0.3, 0.4) is 0 Å². The predicted octanol–water partition coefficient (Wildman–Crippen LogP) is 2.66. The van der Waals surface area contributed by atoms with Crippen LogP contribution < -0.4 is 5.32 Å². The molecule has 0 atom stereocenters. The van der Waals surface area contributed by atoms with Crippen LogP contribution in [0.4, 0.5) is 0 Å². The highest BCUT2D eigenvalue weighted by Gasteiger charge is 2.18. The molecule has 0 bridgehead atoms. The SMILES string of the molecule is Cc1cccc(CNCCN(C)C2CCCC2)c1O. The molecule has 3 nitrogen and oxygen atoms in total. The van der Waals surface area contributed by atoms with Crippen molar-refractivity contribution in [1.82, 2.24) is 10.2 Å². The zero-order valence-electron chi connectivity index (χ0n) is 12.2. The maximum Gasteiger partial charge on any atom is 0.122 e. The highest BCUT2D eigenvalue weighted by molar-refractivity contribution is 5.39. The van der Waals surface area contributed by atoms with Crippen LogP contribution in [0, 0.1) is 6.92 Å². The summed E-state index contributed by atoms with van der Waals surface area (Å²) in [6.07, 6.45) is 5.49. The number of nitrogens with zero attached hydrogens (tertiary/aromatic N) is 1. The topological polar surface area (TPSA) is 35.5 Å². The Labute approximate surface area is 116 Å². The summed E-state index contributed by atoms with van der Waals surface area (Å²) in [6, 6.07) is 6.70. The van der Waals surface area contributed by atoms with Crippen molar-refractivity contribution in [3.8, 4) is 5.75 Å². The van der Waals surface area contributed by atoms with E-state index in [2.05, 4.69) is 17.3 Å². The van der Waals surface area contributed by atoms with Crippen LogP contribution >= 0.6 is 0 Å². The van der Waals surface area contributed by atoms with Crippen molar-refractivity contribution in [2.75, 3.05) is 20.1 Å². The monoisotopic (exact) mass is 262 g/mol. The van der Waals surface area contributed by atoms with Gasteiger partial charge in [-0.25, -0.2) is 0 Å². The minimum Gasteiger partial charge on any atom is -0.507 e. The van der Waals surface area contributed by atoms with Crippen LogP contribution in [0.25, 0.3) is 0 Å². The van der Waals surface area contributed by atoms with Gasteiger partial charge in [-0.3, -0.25) is 0 Å². The minimum atomic E-state index is 0.430. The summed E-state index contributed by atoms with van der Waals surface area (Å²) in [7, 11) is 2.22. The van der Waals surface area contributed by atoms with Crippen molar-refractivity contribution in [2.45, 2.75) is 45.2 Å². The maximum absolute atomic E-state index is 9.93. The molecule has 2 N–H and O–H groups in total. The van der Waals surface area contributed by atoms with E-state index in [4.69, 9.17) is 0 Å². The molecule has 0 saturated heterocycles. The molecule has 0 spiro atoms. The molecule has 0 radical (unpaired) electrons. The van der Waals surface area contributed by atoms with Gasteiger partial charge in [0, 0.05) is 31.2 Å². The molecule has 19 heavy (non-hydrogen) atoms. The third-order valence-corrected chi connectivity index (χ3v) is 4.23. The number of benzene rings is 1. The van der Waals surface area contributed by atoms with E-state index in [1.807, 2.05) is 25.1 Å². The summed E-state index contributed by atoms with van der Waals surface area (Å²) < 4.78 is 0. The van der Waals surface area contributed by atoms with Crippen LogP contribution in [-0.2, 0) is 6.54 Å². The molecule has 1 aliphatic carbocycles. The second-order valence-corrected chi connectivity index (χ2v) is 5.68. The summed E-state index contributed by atoms with van der Waals surface area (Å²) in [4.78, 5) is 2.47. The van der Waals surface area contributed by atoms with Gasteiger partial charge in [0.2, 0.25) is 0 Å². The van der Waals surface area contributed by atoms with Gasteiger partial charge in [-0.05, 0) is 32.4 Å². The number of nitrogens with one attached hydrogen (secondary N) is 1. The van der Waals surface area contributed by atoms with E-state index in [9.17, 15) is 5.11 Å². The van der Waals surface area contributed by atoms with Gasteiger partial charge in [-0.1, -0.05) is 31.0 Å². The molecule has 0 heterocycles. The van der Waals surface area contributed by atoms with Gasteiger partial charge in [0.25, 0.3) is 0 Å². The zero-order chi connectivity index (χ0) is 13.7. The number of aryl methyl sites for hydroxylation is 1. The molecule has 1 aromatic rings. The lowest BCUT2D eigenvalue weighted by Crippen LogP contribution is -2.35.